The highest BCUT2D eigenvalue weighted by Crippen LogP contribution is 2.31. The lowest BCUT2D eigenvalue weighted by molar-refractivity contribution is -0.312. The lowest BCUT2D eigenvalue weighted by Gasteiger charge is -2.32. The molecule has 1 atom stereocenters. The SMILES string of the molecule is COc1ccc(Cl)cc1S(=O)(=O)N1CCC[C@H](C(=O)[O-])C1. The highest BCUT2D eigenvalue weighted by atomic mass is 35.5. The van der Waals surface area contributed by atoms with Gasteiger partial charge in [-0.2, -0.15) is 4.31 Å². The normalized spacial score (nSPS) is 20.2. The number of halogens is 1. The molecule has 0 aromatic heterocycles. The molecule has 1 saturated heterocycles. The molecular weight excluding hydrogens is 318 g/mol. The molecule has 0 spiro atoms. The molecule has 2 rings (SSSR count). The second-order valence-corrected chi connectivity index (χ2v) is 7.16. The maximum Gasteiger partial charge on any atom is 0.246 e. The average molecular weight is 333 g/mol. The van der Waals surface area contributed by atoms with Crippen molar-refractivity contribution in [2.45, 2.75) is 17.7 Å². The summed E-state index contributed by atoms with van der Waals surface area (Å²) in [4.78, 5) is 10.9. The quantitative estimate of drug-likeness (QED) is 0.801. The van der Waals surface area contributed by atoms with E-state index in [0.717, 1.165) is 4.31 Å². The summed E-state index contributed by atoms with van der Waals surface area (Å²) < 4.78 is 31.5. The zero-order valence-corrected chi connectivity index (χ0v) is 13.0. The summed E-state index contributed by atoms with van der Waals surface area (Å²) in [5, 5.41) is 11.2. The van der Waals surface area contributed by atoms with Crippen LogP contribution in [0, 0.1) is 5.92 Å². The van der Waals surface area contributed by atoms with Gasteiger partial charge in [-0.25, -0.2) is 8.42 Å². The molecule has 21 heavy (non-hydrogen) atoms. The molecule has 1 heterocycles. The van der Waals surface area contributed by atoms with Gasteiger partial charge in [-0.1, -0.05) is 11.6 Å². The molecule has 1 aromatic carbocycles. The van der Waals surface area contributed by atoms with Gasteiger partial charge in [-0.05, 0) is 31.0 Å². The fraction of sp³-hybridized carbons (Fsp3) is 0.462. The van der Waals surface area contributed by atoms with E-state index in [1.54, 1.807) is 0 Å². The molecular formula is C13H15ClNO5S-. The minimum atomic E-state index is -3.86. The van der Waals surface area contributed by atoms with Crippen LogP contribution in [0.4, 0.5) is 0 Å². The second kappa shape index (κ2) is 6.21. The van der Waals surface area contributed by atoms with Crippen LogP contribution < -0.4 is 9.84 Å². The van der Waals surface area contributed by atoms with Crippen LogP contribution in [0.15, 0.2) is 23.1 Å². The first kappa shape index (κ1) is 16.1. The van der Waals surface area contributed by atoms with Crippen molar-refractivity contribution in [1.82, 2.24) is 4.31 Å². The first-order chi connectivity index (χ1) is 9.86. The Labute approximate surface area is 128 Å². The van der Waals surface area contributed by atoms with E-state index in [4.69, 9.17) is 16.3 Å². The monoisotopic (exact) mass is 332 g/mol. The molecule has 0 amide bonds. The number of carboxylic acid groups (broad SMARTS) is 1. The molecule has 1 fully saturated rings. The van der Waals surface area contributed by atoms with Crippen molar-refractivity contribution < 1.29 is 23.1 Å². The summed E-state index contributed by atoms with van der Waals surface area (Å²) in [5.74, 6) is -1.85. The molecule has 116 valence electrons. The van der Waals surface area contributed by atoms with Gasteiger partial charge < -0.3 is 14.6 Å². The van der Waals surface area contributed by atoms with Gasteiger partial charge in [0.05, 0.1) is 7.11 Å². The second-order valence-electron chi connectivity index (χ2n) is 4.82. The maximum atomic E-state index is 12.7. The third-order valence-corrected chi connectivity index (χ3v) is 5.58. The highest BCUT2D eigenvalue weighted by Gasteiger charge is 2.32. The van der Waals surface area contributed by atoms with Gasteiger partial charge in [0.15, 0.2) is 0 Å². The highest BCUT2D eigenvalue weighted by molar-refractivity contribution is 7.89. The molecule has 0 unspecified atom stereocenters. The van der Waals surface area contributed by atoms with E-state index >= 15 is 0 Å². The number of carboxylic acids is 1. The molecule has 0 aliphatic carbocycles. The van der Waals surface area contributed by atoms with Crippen molar-refractivity contribution in [3.63, 3.8) is 0 Å². The first-order valence-corrected chi connectivity index (χ1v) is 8.22. The van der Waals surface area contributed by atoms with Crippen LogP contribution in [0.25, 0.3) is 0 Å². The van der Waals surface area contributed by atoms with Crippen LogP contribution in [0.1, 0.15) is 12.8 Å². The lowest BCUT2D eigenvalue weighted by Crippen LogP contribution is -2.46. The van der Waals surface area contributed by atoms with E-state index in [2.05, 4.69) is 0 Å². The number of sulfonamides is 1. The van der Waals surface area contributed by atoms with Gasteiger partial charge in [-0.3, -0.25) is 0 Å². The number of rotatable bonds is 4. The predicted octanol–water partition coefficient (Wildman–Crippen LogP) is 0.499. The van der Waals surface area contributed by atoms with Crippen LogP contribution in [-0.2, 0) is 14.8 Å². The number of piperidine rings is 1. The largest absolute Gasteiger partial charge is 0.550 e. The zero-order valence-electron chi connectivity index (χ0n) is 11.4. The summed E-state index contributed by atoms with van der Waals surface area (Å²) in [7, 11) is -2.50. The first-order valence-electron chi connectivity index (χ1n) is 6.41. The number of ether oxygens (including phenoxy) is 1. The van der Waals surface area contributed by atoms with Gasteiger partial charge in [0.1, 0.15) is 10.6 Å². The fourth-order valence-electron chi connectivity index (χ4n) is 2.34. The molecule has 8 heteroatoms. The molecule has 0 bridgehead atoms. The van der Waals surface area contributed by atoms with Crippen molar-refractivity contribution in [2.24, 2.45) is 5.92 Å². The summed E-state index contributed by atoms with van der Waals surface area (Å²) >= 11 is 5.86. The number of benzene rings is 1. The van der Waals surface area contributed by atoms with Crippen molar-refractivity contribution in [2.75, 3.05) is 20.2 Å². The van der Waals surface area contributed by atoms with Crippen LogP contribution in [-0.4, -0.2) is 38.9 Å². The molecule has 0 N–H and O–H groups in total. The van der Waals surface area contributed by atoms with E-state index in [9.17, 15) is 18.3 Å². The minimum absolute atomic E-state index is 0.0588. The summed E-state index contributed by atoms with van der Waals surface area (Å²) in [6.07, 6.45) is 0.891. The Hall–Kier alpha value is -1.31. The van der Waals surface area contributed by atoms with Gasteiger partial charge in [-0.15, -0.1) is 0 Å². The molecule has 0 saturated carbocycles. The Bertz CT molecular complexity index is 646. The van der Waals surface area contributed by atoms with Crippen LogP contribution in [0.5, 0.6) is 5.75 Å². The standard InChI is InChI=1S/C13H16ClNO5S/c1-20-11-5-4-10(14)7-12(11)21(18,19)15-6-2-3-9(8-15)13(16)17/h4-5,7,9H,2-3,6,8H2,1H3,(H,16,17)/p-1/t9-/m0/s1. The Morgan fingerprint density at radius 3 is 2.81 bits per heavy atom. The Kier molecular flexibility index (Phi) is 4.75. The average Bonchev–Trinajstić information content (AvgIpc) is 2.47. The number of aliphatic carboxylic acids is 1. The van der Waals surface area contributed by atoms with Gasteiger partial charge in [0.2, 0.25) is 10.0 Å². The summed E-state index contributed by atoms with van der Waals surface area (Å²) in [6, 6.07) is 4.30. The number of hydrogen-bond acceptors (Lipinski definition) is 5. The van der Waals surface area contributed by atoms with Gasteiger partial charge in [0, 0.05) is 30.0 Å². The van der Waals surface area contributed by atoms with Crippen LogP contribution in [0.2, 0.25) is 5.02 Å². The molecule has 0 radical (unpaired) electrons. The number of carbonyl (C=O) groups excluding carboxylic acids is 1. The van der Waals surface area contributed by atoms with E-state index in [-0.39, 0.29) is 28.8 Å². The topological polar surface area (TPSA) is 86.7 Å². The van der Waals surface area contributed by atoms with Crippen LogP contribution >= 0.6 is 11.6 Å². The zero-order chi connectivity index (χ0) is 15.6. The lowest BCUT2D eigenvalue weighted by atomic mass is 10.0. The van der Waals surface area contributed by atoms with Crippen molar-refractivity contribution in [3.05, 3.63) is 23.2 Å². The predicted molar refractivity (Wildman–Crippen MR) is 74.5 cm³/mol. The smallest absolute Gasteiger partial charge is 0.246 e. The Balaban J connectivity index is 2.38. The van der Waals surface area contributed by atoms with Crippen molar-refractivity contribution in [3.8, 4) is 5.75 Å². The molecule has 1 aromatic rings. The number of methoxy groups -OCH3 is 1. The number of hydrogen-bond donors (Lipinski definition) is 0. The van der Waals surface area contributed by atoms with Crippen LogP contribution in [0.3, 0.4) is 0 Å². The van der Waals surface area contributed by atoms with E-state index < -0.39 is 21.9 Å². The summed E-state index contributed by atoms with van der Waals surface area (Å²) in [5.41, 5.74) is 0. The Morgan fingerprint density at radius 2 is 2.19 bits per heavy atom. The molecule has 6 nitrogen and oxygen atoms in total. The van der Waals surface area contributed by atoms with E-state index in [1.807, 2.05) is 0 Å². The summed E-state index contributed by atoms with van der Waals surface area (Å²) in [6.45, 7) is 0.169. The van der Waals surface area contributed by atoms with E-state index in [1.165, 1.54) is 25.3 Å². The molecule has 1 aliphatic heterocycles. The molecule has 1 aliphatic rings. The number of nitrogens with zero attached hydrogens (tertiary/aromatic N) is 1. The van der Waals surface area contributed by atoms with Crippen molar-refractivity contribution >= 4 is 27.6 Å². The Morgan fingerprint density at radius 1 is 1.48 bits per heavy atom. The number of carbonyl (C=O) groups is 1. The van der Waals surface area contributed by atoms with E-state index in [0.29, 0.717) is 12.8 Å². The fourth-order valence-corrected chi connectivity index (χ4v) is 4.29. The minimum Gasteiger partial charge on any atom is -0.550 e. The van der Waals surface area contributed by atoms with Gasteiger partial charge in [0.25, 0.3) is 0 Å². The maximum absolute atomic E-state index is 12.7. The van der Waals surface area contributed by atoms with Gasteiger partial charge >= 0.3 is 0 Å². The third kappa shape index (κ3) is 3.30. The van der Waals surface area contributed by atoms with Crippen molar-refractivity contribution in [1.29, 1.82) is 0 Å². The third-order valence-electron chi connectivity index (χ3n) is 3.46.